The highest BCUT2D eigenvalue weighted by Crippen LogP contribution is 2.52. The predicted molar refractivity (Wildman–Crippen MR) is 115 cm³/mol. The van der Waals surface area contributed by atoms with Gasteiger partial charge < -0.3 is 21.5 Å². The van der Waals surface area contributed by atoms with Crippen LogP contribution >= 0.6 is 11.6 Å². The van der Waals surface area contributed by atoms with Crippen molar-refractivity contribution in [3.8, 4) is 0 Å². The van der Waals surface area contributed by atoms with Crippen molar-refractivity contribution in [3.63, 3.8) is 0 Å². The molecule has 0 spiro atoms. The summed E-state index contributed by atoms with van der Waals surface area (Å²) in [5.41, 5.74) is 7.58. The van der Waals surface area contributed by atoms with E-state index in [2.05, 4.69) is 15.7 Å². The van der Waals surface area contributed by atoms with Crippen LogP contribution in [-0.4, -0.2) is 33.4 Å². The van der Waals surface area contributed by atoms with Crippen molar-refractivity contribution in [3.05, 3.63) is 40.3 Å². The fraction of sp³-hybridized carbons (Fsp3) is 0.476. The average Bonchev–Trinajstić information content (AvgIpc) is 3.35. The van der Waals surface area contributed by atoms with Crippen molar-refractivity contribution in [1.29, 1.82) is 0 Å². The Morgan fingerprint density at radius 3 is 2.58 bits per heavy atom. The van der Waals surface area contributed by atoms with Gasteiger partial charge in [-0.05, 0) is 61.6 Å². The van der Waals surface area contributed by atoms with Gasteiger partial charge in [0, 0.05) is 25.2 Å². The van der Waals surface area contributed by atoms with Crippen LogP contribution in [0.2, 0.25) is 5.02 Å². The van der Waals surface area contributed by atoms with E-state index in [1.165, 1.54) is 22.9 Å². The molecule has 2 fully saturated rings. The zero-order valence-corrected chi connectivity index (χ0v) is 17.8. The fourth-order valence-corrected chi connectivity index (χ4v) is 5.39. The minimum absolute atomic E-state index is 0.0762. The molecule has 1 heterocycles. The summed E-state index contributed by atoms with van der Waals surface area (Å²) in [4.78, 5) is 23.8. The Labute approximate surface area is 183 Å². The number of aromatic nitrogens is 2. The third-order valence-corrected chi connectivity index (χ3v) is 6.85. The molecule has 0 radical (unpaired) electrons. The lowest BCUT2D eigenvalue weighted by Gasteiger charge is -2.15. The van der Waals surface area contributed by atoms with Gasteiger partial charge in [-0.3, -0.25) is 9.48 Å². The first-order valence-electron chi connectivity index (χ1n) is 10.3. The minimum atomic E-state index is -0.989. The summed E-state index contributed by atoms with van der Waals surface area (Å²) in [6.07, 6.45) is 2.75. The zero-order valence-electron chi connectivity index (χ0n) is 17.1. The number of nitrogens with zero attached hydrogens (tertiary/aromatic N) is 2. The largest absolute Gasteiger partial charge is 0.465 e. The molecule has 1 aromatic heterocycles. The van der Waals surface area contributed by atoms with E-state index in [-0.39, 0.29) is 16.8 Å². The summed E-state index contributed by atoms with van der Waals surface area (Å²) < 4.78 is 14.9. The molecule has 0 saturated heterocycles. The number of carbonyl (C=O) groups is 2. The number of carbonyl (C=O) groups excluding carboxylic acids is 1. The van der Waals surface area contributed by atoms with Crippen molar-refractivity contribution in [2.75, 3.05) is 17.6 Å². The van der Waals surface area contributed by atoms with E-state index in [1.54, 1.807) is 7.05 Å². The van der Waals surface area contributed by atoms with E-state index in [1.807, 2.05) is 0 Å². The monoisotopic (exact) mass is 449 g/mol. The number of amides is 2. The second kappa shape index (κ2) is 8.37. The molecule has 1 aromatic carbocycles. The molecule has 5 N–H and O–H groups in total. The van der Waals surface area contributed by atoms with Crippen LogP contribution in [-0.2, 0) is 7.05 Å². The maximum atomic E-state index is 13.4. The molecule has 2 aromatic rings. The Bertz CT molecular complexity index is 1010. The van der Waals surface area contributed by atoms with Crippen molar-refractivity contribution in [1.82, 2.24) is 15.1 Å². The molecule has 166 valence electrons. The molecular weight excluding hydrogens is 425 g/mol. The molecule has 2 aliphatic carbocycles. The van der Waals surface area contributed by atoms with Crippen LogP contribution in [0.5, 0.6) is 0 Å². The first-order valence-corrected chi connectivity index (χ1v) is 10.7. The zero-order chi connectivity index (χ0) is 22.3. The maximum absolute atomic E-state index is 13.4. The first-order chi connectivity index (χ1) is 14.7. The van der Waals surface area contributed by atoms with Gasteiger partial charge in [-0.25, -0.2) is 9.18 Å². The van der Waals surface area contributed by atoms with Gasteiger partial charge in [0.25, 0.3) is 5.91 Å². The number of halogens is 2. The Morgan fingerprint density at radius 1 is 1.29 bits per heavy atom. The molecule has 8 nitrogen and oxygen atoms in total. The molecule has 2 amide bonds. The van der Waals surface area contributed by atoms with E-state index in [0.29, 0.717) is 41.2 Å². The lowest BCUT2D eigenvalue weighted by atomic mass is 9.93. The molecular formula is C21H25ClFN5O3. The van der Waals surface area contributed by atoms with Crippen LogP contribution in [0.1, 0.15) is 47.7 Å². The van der Waals surface area contributed by atoms with Gasteiger partial charge in [-0.2, -0.15) is 5.10 Å². The van der Waals surface area contributed by atoms with Gasteiger partial charge in [0.2, 0.25) is 0 Å². The Morgan fingerprint density at radius 2 is 1.97 bits per heavy atom. The smallest absolute Gasteiger partial charge is 0.404 e. The summed E-state index contributed by atoms with van der Waals surface area (Å²) in [6.45, 7) is 0.484. The van der Waals surface area contributed by atoms with Crippen molar-refractivity contribution in [2.45, 2.75) is 31.6 Å². The van der Waals surface area contributed by atoms with E-state index in [4.69, 9.17) is 22.4 Å². The minimum Gasteiger partial charge on any atom is -0.465 e. The highest BCUT2D eigenvalue weighted by Gasteiger charge is 2.44. The number of nitrogens with one attached hydrogen (secondary N) is 2. The molecule has 4 rings (SSSR count). The summed E-state index contributed by atoms with van der Waals surface area (Å²) >= 11 is 5.82. The molecule has 2 unspecified atom stereocenters. The van der Waals surface area contributed by atoms with Gasteiger partial charge >= 0.3 is 6.09 Å². The molecule has 0 bridgehead atoms. The Hall–Kier alpha value is -2.81. The Balaban J connectivity index is 1.48. The number of hydrogen-bond acceptors (Lipinski definition) is 4. The third kappa shape index (κ3) is 4.32. The van der Waals surface area contributed by atoms with Gasteiger partial charge in [-0.1, -0.05) is 11.6 Å². The second-order valence-corrected chi connectivity index (χ2v) is 8.97. The van der Waals surface area contributed by atoms with Crippen molar-refractivity contribution < 1.29 is 19.1 Å². The number of aryl methyl sites for hydroxylation is 1. The molecule has 2 atom stereocenters. The average molecular weight is 450 g/mol. The summed E-state index contributed by atoms with van der Waals surface area (Å²) in [6, 6.07) is 3.99. The second-order valence-electron chi connectivity index (χ2n) is 8.56. The maximum Gasteiger partial charge on any atom is 0.404 e. The fourth-order valence-electron chi connectivity index (χ4n) is 5.21. The number of anilines is 2. The molecule has 0 aliphatic heterocycles. The number of hydrogen-bond donors (Lipinski definition) is 4. The van der Waals surface area contributed by atoms with Gasteiger partial charge in [-0.15, -0.1) is 0 Å². The molecule has 2 saturated carbocycles. The first kappa shape index (κ1) is 21.4. The van der Waals surface area contributed by atoms with Crippen LogP contribution in [0.3, 0.4) is 0 Å². The van der Waals surface area contributed by atoms with Crippen LogP contribution in [0.15, 0.2) is 18.2 Å². The predicted octanol–water partition coefficient (Wildman–Crippen LogP) is 3.83. The van der Waals surface area contributed by atoms with Crippen molar-refractivity contribution in [2.24, 2.45) is 24.8 Å². The number of nitrogen functional groups attached to an aromatic ring is 1. The van der Waals surface area contributed by atoms with Gasteiger partial charge in [0.1, 0.15) is 17.2 Å². The highest BCUT2D eigenvalue weighted by atomic mass is 35.5. The lowest BCUT2D eigenvalue weighted by molar-refractivity contribution is 0.102. The quantitative estimate of drug-likeness (QED) is 0.552. The van der Waals surface area contributed by atoms with Crippen molar-refractivity contribution >= 4 is 35.1 Å². The topological polar surface area (TPSA) is 122 Å². The van der Waals surface area contributed by atoms with Crippen LogP contribution in [0, 0.1) is 23.6 Å². The van der Waals surface area contributed by atoms with Crippen LogP contribution in [0.4, 0.5) is 20.7 Å². The summed E-state index contributed by atoms with van der Waals surface area (Å²) in [5, 5.41) is 18.5. The summed E-state index contributed by atoms with van der Waals surface area (Å²) in [5.74, 6) is 0.762. The third-order valence-electron chi connectivity index (χ3n) is 6.57. The van der Waals surface area contributed by atoms with E-state index >= 15 is 0 Å². The summed E-state index contributed by atoms with van der Waals surface area (Å²) in [7, 11) is 1.70. The Kier molecular flexibility index (Phi) is 5.79. The SMILES string of the molecule is Cn1nc(C2CC3CC(CNC(=O)O)CC3C2)c(C(=O)Nc2ccc(F)c(Cl)c2)c1N. The molecule has 31 heavy (non-hydrogen) atoms. The number of benzene rings is 1. The van der Waals surface area contributed by atoms with E-state index in [0.717, 1.165) is 25.7 Å². The van der Waals surface area contributed by atoms with E-state index in [9.17, 15) is 14.0 Å². The number of nitrogens with two attached hydrogens (primary N) is 1. The van der Waals surface area contributed by atoms with E-state index < -0.39 is 17.8 Å². The highest BCUT2D eigenvalue weighted by molar-refractivity contribution is 6.31. The van der Waals surface area contributed by atoms with Crippen LogP contribution in [0.25, 0.3) is 0 Å². The van der Waals surface area contributed by atoms with Gasteiger partial charge in [0.15, 0.2) is 0 Å². The lowest BCUT2D eigenvalue weighted by Crippen LogP contribution is -2.26. The number of fused-ring (bicyclic) bond motifs is 1. The number of rotatable bonds is 5. The van der Waals surface area contributed by atoms with Gasteiger partial charge in [0.05, 0.1) is 10.7 Å². The molecule has 2 aliphatic rings. The molecule has 10 heteroatoms. The number of carboxylic acid groups (broad SMARTS) is 1. The normalized spacial score (nSPS) is 24.7. The van der Waals surface area contributed by atoms with Crippen LogP contribution < -0.4 is 16.4 Å². The standard InChI is InChI=1S/C21H25ClFN5O3/c1-28-19(24)17(20(29)26-14-2-3-16(23)15(22)8-14)18(27-28)13-6-11-4-10(5-12(11)7-13)9-25-21(30)31/h2-3,8,10-13,25H,4-7,9,24H2,1H3,(H,26,29)(H,30,31).